The Kier molecular flexibility index (Phi) is 6.21. The Balaban J connectivity index is 1.94. The summed E-state index contributed by atoms with van der Waals surface area (Å²) in [7, 11) is 0. The molecule has 4 heteroatoms. The van der Waals surface area contributed by atoms with Crippen molar-refractivity contribution in [1.82, 2.24) is 0 Å². The van der Waals surface area contributed by atoms with Gasteiger partial charge in [-0.1, -0.05) is 48.5 Å². The van der Waals surface area contributed by atoms with Crippen molar-refractivity contribution < 1.29 is 19.7 Å². The lowest BCUT2D eigenvalue weighted by atomic mass is 10.0. The molecule has 2 N–H and O–H groups in total. The first-order chi connectivity index (χ1) is 12.3. The molecule has 0 aromatic heterocycles. The van der Waals surface area contributed by atoms with E-state index < -0.39 is 5.79 Å². The van der Waals surface area contributed by atoms with Crippen molar-refractivity contribution >= 4 is 0 Å². The Morgan fingerprint density at radius 2 is 1.08 bits per heavy atom. The summed E-state index contributed by atoms with van der Waals surface area (Å²) in [5, 5.41) is 18.1. The molecule has 25 heavy (non-hydrogen) atoms. The highest BCUT2D eigenvalue weighted by Gasteiger charge is 2.45. The second-order valence-electron chi connectivity index (χ2n) is 6.27. The zero-order valence-electron chi connectivity index (χ0n) is 14.5. The van der Waals surface area contributed by atoms with Gasteiger partial charge in [0.15, 0.2) is 0 Å². The van der Waals surface area contributed by atoms with Crippen LogP contribution in [0.15, 0.2) is 48.5 Å². The maximum absolute atomic E-state index is 9.03. The van der Waals surface area contributed by atoms with Crippen LogP contribution in [0.25, 0.3) is 11.1 Å². The molecule has 0 saturated heterocycles. The van der Waals surface area contributed by atoms with Gasteiger partial charge in [-0.25, -0.2) is 0 Å². The second kappa shape index (κ2) is 8.59. The smallest absolute Gasteiger partial charge is 0.223 e. The summed E-state index contributed by atoms with van der Waals surface area (Å²) in [5.74, 6) is -0.905. The summed E-state index contributed by atoms with van der Waals surface area (Å²) in [6, 6.07) is 16.4. The normalized spacial score (nSPS) is 14.3. The number of ether oxygens (including phenoxy) is 2. The number of hydrogen-bond donors (Lipinski definition) is 2. The van der Waals surface area contributed by atoms with Crippen LogP contribution in [0.3, 0.4) is 0 Å². The molecule has 1 aliphatic carbocycles. The van der Waals surface area contributed by atoms with Crippen molar-refractivity contribution in [2.75, 3.05) is 26.4 Å². The Bertz CT molecular complexity index is 624. The largest absolute Gasteiger partial charge is 0.396 e. The Morgan fingerprint density at radius 3 is 1.52 bits per heavy atom. The maximum Gasteiger partial charge on any atom is 0.223 e. The highest BCUT2D eigenvalue weighted by atomic mass is 16.7. The van der Waals surface area contributed by atoms with E-state index in [-0.39, 0.29) is 13.2 Å². The van der Waals surface area contributed by atoms with Gasteiger partial charge in [-0.15, -0.1) is 0 Å². The van der Waals surface area contributed by atoms with Gasteiger partial charge in [-0.2, -0.15) is 0 Å². The van der Waals surface area contributed by atoms with Crippen molar-refractivity contribution in [3.05, 3.63) is 59.7 Å². The van der Waals surface area contributed by atoms with Crippen molar-refractivity contribution in [2.45, 2.75) is 31.5 Å². The van der Waals surface area contributed by atoms with E-state index in [0.29, 0.717) is 26.1 Å². The maximum atomic E-state index is 9.03. The number of unbranched alkanes of at least 4 members (excludes halogenated alkanes) is 2. The molecule has 0 fully saturated rings. The van der Waals surface area contributed by atoms with Gasteiger partial charge < -0.3 is 19.7 Å². The third-order valence-corrected chi connectivity index (χ3v) is 4.57. The van der Waals surface area contributed by atoms with E-state index in [4.69, 9.17) is 19.7 Å². The van der Waals surface area contributed by atoms with Gasteiger partial charge in [0.25, 0.3) is 0 Å². The second-order valence-corrected chi connectivity index (χ2v) is 6.27. The average molecular weight is 342 g/mol. The zero-order chi connectivity index (χ0) is 17.5. The molecule has 0 aliphatic heterocycles. The summed E-state index contributed by atoms with van der Waals surface area (Å²) in [6.45, 7) is 1.37. The first-order valence-electron chi connectivity index (χ1n) is 9.02. The van der Waals surface area contributed by atoms with Crippen molar-refractivity contribution in [3.8, 4) is 11.1 Å². The van der Waals surface area contributed by atoms with Gasteiger partial charge in [0.2, 0.25) is 5.79 Å². The summed E-state index contributed by atoms with van der Waals surface area (Å²) in [6.07, 6.45) is 2.99. The number of aliphatic hydroxyl groups excluding tert-OH is 2. The van der Waals surface area contributed by atoms with E-state index in [1.807, 2.05) is 24.3 Å². The lowest BCUT2D eigenvalue weighted by molar-refractivity contribution is -0.216. The highest BCUT2D eigenvalue weighted by Crippen LogP contribution is 2.50. The van der Waals surface area contributed by atoms with Crippen LogP contribution in [-0.4, -0.2) is 36.6 Å². The molecule has 0 saturated carbocycles. The Hall–Kier alpha value is -1.72. The first-order valence-corrected chi connectivity index (χ1v) is 9.02. The first kappa shape index (κ1) is 18.1. The van der Waals surface area contributed by atoms with Crippen molar-refractivity contribution in [1.29, 1.82) is 0 Å². The quantitative estimate of drug-likeness (QED) is 0.513. The van der Waals surface area contributed by atoms with Crippen LogP contribution in [0.1, 0.15) is 36.8 Å². The summed E-state index contributed by atoms with van der Waals surface area (Å²) in [4.78, 5) is 0. The lowest BCUT2D eigenvalue weighted by Crippen LogP contribution is -2.33. The minimum Gasteiger partial charge on any atom is -0.396 e. The van der Waals surface area contributed by atoms with Crippen LogP contribution in [-0.2, 0) is 15.3 Å². The van der Waals surface area contributed by atoms with Gasteiger partial charge in [0, 0.05) is 24.3 Å². The van der Waals surface area contributed by atoms with Gasteiger partial charge in [-0.05, 0) is 36.8 Å². The van der Waals surface area contributed by atoms with Crippen LogP contribution in [0, 0.1) is 0 Å². The molecule has 0 radical (unpaired) electrons. The molecule has 1 aliphatic rings. The van der Waals surface area contributed by atoms with E-state index in [0.717, 1.165) is 35.1 Å². The van der Waals surface area contributed by atoms with Crippen molar-refractivity contribution in [2.24, 2.45) is 0 Å². The SMILES string of the molecule is OCCCCOC1(OCCCCO)c2ccccc2-c2ccccc21. The van der Waals surface area contributed by atoms with Crippen molar-refractivity contribution in [3.63, 3.8) is 0 Å². The van der Waals surface area contributed by atoms with Crippen LogP contribution in [0.5, 0.6) is 0 Å². The summed E-state index contributed by atoms with van der Waals surface area (Å²) < 4.78 is 12.7. The molecule has 0 unspecified atom stereocenters. The number of benzene rings is 2. The predicted molar refractivity (Wildman–Crippen MR) is 97.2 cm³/mol. The number of hydrogen-bond acceptors (Lipinski definition) is 4. The number of rotatable bonds is 10. The van der Waals surface area contributed by atoms with Gasteiger partial charge >= 0.3 is 0 Å². The molecule has 0 bridgehead atoms. The summed E-state index contributed by atoms with van der Waals surface area (Å²) in [5.41, 5.74) is 4.35. The molecule has 0 heterocycles. The average Bonchev–Trinajstić information content (AvgIpc) is 2.94. The Morgan fingerprint density at radius 1 is 0.640 bits per heavy atom. The zero-order valence-corrected chi connectivity index (χ0v) is 14.5. The van der Waals surface area contributed by atoms with Crippen LogP contribution in [0.2, 0.25) is 0 Å². The molecule has 4 nitrogen and oxygen atoms in total. The third kappa shape index (κ3) is 3.62. The molecular formula is C21H26O4. The monoisotopic (exact) mass is 342 g/mol. The standard InChI is InChI=1S/C21H26O4/c22-13-5-7-15-24-21(25-16-8-6-14-23)19-11-3-1-9-17(19)18-10-2-4-12-20(18)21/h1-4,9-12,22-23H,5-8,13-16H2. The van der Waals surface area contributed by atoms with E-state index >= 15 is 0 Å². The molecule has 2 aromatic rings. The molecule has 3 rings (SSSR count). The van der Waals surface area contributed by atoms with Crippen LogP contribution >= 0.6 is 0 Å². The van der Waals surface area contributed by atoms with Gasteiger partial charge in [0.1, 0.15) is 0 Å². The highest BCUT2D eigenvalue weighted by molar-refractivity contribution is 5.79. The van der Waals surface area contributed by atoms with Gasteiger partial charge in [0.05, 0.1) is 13.2 Å². The number of fused-ring (bicyclic) bond motifs is 3. The molecule has 2 aromatic carbocycles. The topological polar surface area (TPSA) is 58.9 Å². The molecule has 134 valence electrons. The molecule has 0 amide bonds. The fraction of sp³-hybridized carbons (Fsp3) is 0.429. The predicted octanol–water partition coefficient (Wildman–Crippen LogP) is 3.45. The minimum atomic E-state index is -0.905. The molecule has 0 atom stereocenters. The van der Waals surface area contributed by atoms with Crippen LogP contribution in [0.4, 0.5) is 0 Å². The summed E-state index contributed by atoms with van der Waals surface area (Å²) >= 11 is 0. The lowest BCUT2D eigenvalue weighted by Gasteiger charge is -2.32. The van der Waals surface area contributed by atoms with E-state index in [9.17, 15) is 0 Å². The number of aliphatic hydroxyl groups is 2. The molecule has 0 spiro atoms. The van der Waals surface area contributed by atoms with Gasteiger partial charge in [-0.3, -0.25) is 0 Å². The Labute approximate surface area is 149 Å². The minimum absolute atomic E-state index is 0.168. The molecular weight excluding hydrogens is 316 g/mol. The van der Waals surface area contributed by atoms with E-state index in [2.05, 4.69) is 24.3 Å². The fourth-order valence-corrected chi connectivity index (χ4v) is 3.37. The van der Waals surface area contributed by atoms with Crippen LogP contribution < -0.4 is 0 Å². The fourth-order valence-electron chi connectivity index (χ4n) is 3.37. The van der Waals surface area contributed by atoms with E-state index in [1.54, 1.807) is 0 Å². The van der Waals surface area contributed by atoms with E-state index in [1.165, 1.54) is 0 Å². The third-order valence-electron chi connectivity index (χ3n) is 4.57.